The summed E-state index contributed by atoms with van der Waals surface area (Å²) in [5.41, 5.74) is 10.9. The minimum absolute atomic E-state index is 0.0449. The monoisotopic (exact) mass is 992 g/mol. The molecule has 6 rings (SSSR count). The van der Waals surface area contributed by atoms with Gasteiger partial charge in [0.2, 0.25) is 0 Å². The number of hydrogen-bond donors (Lipinski definition) is 7. The van der Waals surface area contributed by atoms with Crippen molar-refractivity contribution >= 4 is 31.3 Å². The first-order valence-electron chi connectivity index (χ1n) is 24.3. The maximum absolute atomic E-state index is 13.7. The molecule has 9 N–H and O–H groups in total. The number of phosphoric acid groups is 4. The largest absolute Gasteiger partial charge is 0.481 e. The lowest BCUT2D eigenvalue weighted by atomic mass is 9.57. The van der Waals surface area contributed by atoms with E-state index in [1.54, 1.807) is 7.11 Å². The van der Waals surface area contributed by atoms with Crippen molar-refractivity contribution in [3.8, 4) is 0 Å². The van der Waals surface area contributed by atoms with E-state index in [9.17, 15) is 42.7 Å². The number of phosphoric ester groups is 4. The summed E-state index contributed by atoms with van der Waals surface area (Å²) in [6.45, 7) is 1.91. The minimum atomic E-state index is -5.12. The van der Waals surface area contributed by atoms with E-state index in [0.29, 0.717) is 55.8 Å². The van der Waals surface area contributed by atoms with Gasteiger partial charge in [0.1, 0.15) is 0 Å². The molecule has 6 fully saturated rings. The van der Waals surface area contributed by atoms with Crippen LogP contribution >= 0.6 is 31.3 Å². The fourth-order valence-electron chi connectivity index (χ4n) is 13.7. The second-order valence-corrected chi connectivity index (χ2v) is 25.9. The summed E-state index contributed by atoms with van der Waals surface area (Å²) < 4.78 is 88.8. The number of nitrogens with two attached hydrogens (primary N) is 2. The lowest BCUT2D eigenvalue weighted by molar-refractivity contribution is -0.0721. The predicted molar refractivity (Wildman–Crippen MR) is 239 cm³/mol. The molecule has 0 heterocycles. The Morgan fingerprint density at radius 3 is 1.66 bits per heavy atom. The van der Waals surface area contributed by atoms with Crippen molar-refractivity contribution in [1.82, 2.24) is 0 Å². The van der Waals surface area contributed by atoms with Crippen LogP contribution in [0, 0.1) is 65.1 Å². The van der Waals surface area contributed by atoms with Gasteiger partial charge >= 0.3 is 31.3 Å². The summed E-state index contributed by atoms with van der Waals surface area (Å²) >= 11 is 0. The van der Waals surface area contributed by atoms with E-state index in [4.69, 9.17) is 43.1 Å². The van der Waals surface area contributed by atoms with E-state index in [1.165, 1.54) is 0 Å². The Morgan fingerprint density at radius 2 is 1.00 bits per heavy atom. The second-order valence-electron chi connectivity index (χ2n) is 20.4. The highest BCUT2D eigenvalue weighted by atomic mass is 31.3. The van der Waals surface area contributed by atoms with Gasteiger partial charge in [-0.1, -0.05) is 45.4 Å². The van der Waals surface area contributed by atoms with Crippen molar-refractivity contribution in [1.29, 1.82) is 0 Å². The Kier molecular flexibility index (Phi) is 20.1. The fraction of sp³-hybridized carbons (Fsp3) is 1.00. The Balaban J connectivity index is 1.18. The molecule has 0 amide bonds. The van der Waals surface area contributed by atoms with E-state index < -0.39 is 43.5 Å². The van der Waals surface area contributed by atoms with Crippen LogP contribution in [0.3, 0.4) is 0 Å². The summed E-state index contributed by atoms with van der Waals surface area (Å²) in [7, 11) is -17.1. The molecule has 0 aromatic heterocycles. The van der Waals surface area contributed by atoms with Gasteiger partial charge in [-0.25, -0.2) is 18.3 Å². The van der Waals surface area contributed by atoms with Gasteiger partial charge in [0.25, 0.3) is 0 Å². The molecule has 0 saturated heterocycles. The zero-order valence-corrected chi connectivity index (χ0v) is 41.6. The topological polar surface area (TPSA) is 286 Å². The van der Waals surface area contributed by atoms with Crippen LogP contribution in [0.4, 0.5) is 0 Å². The van der Waals surface area contributed by atoms with Gasteiger partial charge in [-0.3, -0.25) is 22.6 Å². The first-order chi connectivity index (χ1) is 30.3. The van der Waals surface area contributed by atoms with E-state index in [-0.39, 0.29) is 79.9 Å². The highest BCUT2D eigenvalue weighted by molar-refractivity contribution is 7.61. The van der Waals surface area contributed by atoms with Crippen molar-refractivity contribution in [2.75, 3.05) is 33.4 Å². The highest BCUT2D eigenvalue weighted by Gasteiger charge is 2.50. The third-order valence-electron chi connectivity index (χ3n) is 16.2. The molecule has 64 heavy (non-hydrogen) atoms. The molecule has 0 bridgehead atoms. The molecule has 6 aliphatic carbocycles. The van der Waals surface area contributed by atoms with Crippen LogP contribution in [-0.4, -0.2) is 82.3 Å². The van der Waals surface area contributed by atoms with Crippen molar-refractivity contribution in [3.63, 3.8) is 0 Å². The van der Waals surface area contributed by atoms with Crippen LogP contribution in [-0.2, 0) is 49.9 Å². The first kappa shape index (κ1) is 53.7. The van der Waals surface area contributed by atoms with E-state index in [1.807, 2.05) is 0 Å². The molecule has 374 valence electrons. The molecule has 22 heteroatoms. The molecule has 0 aromatic rings. The van der Waals surface area contributed by atoms with Crippen LogP contribution in [0.2, 0.25) is 0 Å². The third-order valence-corrected chi connectivity index (χ3v) is 20.6. The molecular formula is C42H80N2O16P4. The van der Waals surface area contributed by atoms with Gasteiger partial charge in [-0.05, 0) is 161 Å². The van der Waals surface area contributed by atoms with E-state index >= 15 is 0 Å². The summed E-state index contributed by atoms with van der Waals surface area (Å²) in [6.07, 6.45) is 16.8. The predicted octanol–water partition coefficient (Wildman–Crippen LogP) is 8.59. The Hall–Kier alpha value is 0.360. The van der Waals surface area contributed by atoms with Crippen LogP contribution in [0.15, 0.2) is 0 Å². The highest BCUT2D eigenvalue weighted by Crippen LogP contribution is 2.63. The van der Waals surface area contributed by atoms with Gasteiger partial charge in [0.15, 0.2) is 0 Å². The normalized spacial score (nSPS) is 41.0. The molecule has 6 saturated carbocycles. The summed E-state index contributed by atoms with van der Waals surface area (Å²) in [4.78, 5) is 51.0. The molecule has 18 unspecified atom stereocenters. The fourth-order valence-corrected chi connectivity index (χ4v) is 17.6. The molecule has 0 radical (unpaired) electrons. The number of hydrogen-bond acceptors (Lipinski definition) is 13. The molecule has 18 atom stereocenters. The maximum Gasteiger partial charge on any atom is 0.481 e. The smallest absolute Gasteiger partial charge is 0.381 e. The lowest BCUT2D eigenvalue weighted by Gasteiger charge is -2.51. The van der Waals surface area contributed by atoms with E-state index in [2.05, 4.69) is 6.92 Å². The molecule has 0 spiro atoms. The van der Waals surface area contributed by atoms with Gasteiger partial charge in [0, 0.05) is 20.2 Å². The minimum Gasteiger partial charge on any atom is -0.381 e. The summed E-state index contributed by atoms with van der Waals surface area (Å²) in [5.74, 6) is 2.89. The van der Waals surface area contributed by atoms with E-state index in [0.717, 1.165) is 103 Å². The van der Waals surface area contributed by atoms with Crippen LogP contribution in [0.5, 0.6) is 0 Å². The summed E-state index contributed by atoms with van der Waals surface area (Å²) in [6, 6.07) is 0. The molecule has 0 aliphatic heterocycles. The van der Waals surface area contributed by atoms with Gasteiger partial charge in [-0.15, -0.1) is 0 Å². The molecular weight excluding hydrogens is 912 g/mol. The third kappa shape index (κ3) is 15.7. The van der Waals surface area contributed by atoms with Crippen molar-refractivity contribution in [2.24, 2.45) is 76.6 Å². The Bertz CT molecular complexity index is 1660. The standard InChI is InChI=1S/C42H80N2O16P4/c1-28-12-15-37(39(22-28)32-9-5-10-35(25-32)57-61(45,46)47)34-13-16-38(42(27-34)59-64(52,53)60-63(50,51)56-21-19-44)33-14-17-41(54-2)40(26-33)31-8-3-6-29(23-31)30-7-4-11-36(24-30)58-62(48,49)55-20-18-43/h28-42H,3-27,43-44H2,1-2H3,(H,48,49)(H,50,51)(H,52,53)(H2,45,46,47). The van der Waals surface area contributed by atoms with Crippen molar-refractivity contribution in [2.45, 2.75) is 166 Å². The average molecular weight is 993 g/mol. The SMILES string of the molecule is COC1CCC(C2CCC(C3CCC(C)CC3C3CCCC(OP(=O)(O)O)C3)CC2OP(=O)(O)OP(=O)(O)OCCN)CC1C1CCCC(C2CCCC(OP(=O)(O)OCCN)C2)C1. The number of ether oxygens (including phenoxy) is 1. The lowest BCUT2D eigenvalue weighted by Crippen LogP contribution is -2.46. The van der Waals surface area contributed by atoms with Crippen LogP contribution in [0.25, 0.3) is 0 Å². The van der Waals surface area contributed by atoms with Gasteiger partial charge in [0.05, 0.1) is 37.6 Å². The molecule has 18 nitrogen and oxygen atoms in total. The second kappa shape index (κ2) is 24.0. The maximum atomic E-state index is 13.7. The number of methoxy groups -OCH3 is 1. The van der Waals surface area contributed by atoms with Crippen molar-refractivity contribution in [3.05, 3.63) is 0 Å². The molecule has 0 aromatic carbocycles. The average Bonchev–Trinajstić information content (AvgIpc) is 3.23. The zero-order valence-electron chi connectivity index (χ0n) is 38.0. The first-order valence-corrected chi connectivity index (χ1v) is 30.3. The van der Waals surface area contributed by atoms with Crippen molar-refractivity contribution < 1.29 is 74.4 Å². The van der Waals surface area contributed by atoms with Crippen LogP contribution in [0.1, 0.15) is 142 Å². The quantitative estimate of drug-likeness (QED) is 0.0562. The van der Waals surface area contributed by atoms with Gasteiger partial charge in [-0.2, -0.15) is 4.31 Å². The Morgan fingerprint density at radius 1 is 0.469 bits per heavy atom. The summed E-state index contributed by atoms with van der Waals surface area (Å²) in [5, 5.41) is 0. The van der Waals surface area contributed by atoms with Crippen LogP contribution < -0.4 is 11.5 Å². The zero-order chi connectivity index (χ0) is 46.3. The van der Waals surface area contributed by atoms with Gasteiger partial charge < -0.3 is 40.7 Å². The molecule has 6 aliphatic rings. The number of rotatable bonds is 20. The Labute approximate surface area is 380 Å².